The van der Waals surface area contributed by atoms with Gasteiger partial charge in [-0.1, -0.05) is 19.1 Å². The topological polar surface area (TPSA) is 70.8 Å². The Bertz CT molecular complexity index is 478. The zero-order chi connectivity index (χ0) is 16.8. The number of carbonyl (C=O) groups excluding carboxylic acids is 1. The van der Waals surface area contributed by atoms with Crippen LogP contribution >= 0.6 is 0 Å². The first-order valence-corrected chi connectivity index (χ1v) is 7.43. The summed E-state index contributed by atoms with van der Waals surface area (Å²) in [6.07, 6.45) is 0.923. The number of esters is 1. The maximum atomic E-state index is 12.3. The minimum Gasteiger partial charge on any atom is -0.468 e. The van der Waals surface area contributed by atoms with Gasteiger partial charge in [0.05, 0.1) is 0 Å². The number of nitrogens with two attached hydrogens (primary N) is 1. The second kappa shape index (κ2) is 7.61. The van der Waals surface area contributed by atoms with Crippen molar-refractivity contribution in [2.75, 3.05) is 13.9 Å². The van der Waals surface area contributed by atoms with Gasteiger partial charge in [-0.25, -0.2) is 0 Å². The largest absolute Gasteiger partial charge is 0.468 e. The number of hydrogen-bond donors (Lipinski definition) is 1. The van der Waals surface area contributed by atoms with Gasteiger partial charge in [-0.05, 0) is 44.9 Å². The van der Waals surface area contributed by atoms with Gasteiger partial charge in [-0.3, -0.25) is 4.79 Å². The number of rotatable bonds is 7. The molecule has 124 valence electrons. The van der Waals surface area contributed by atoms with E-state index in [-0.39, 0.29) is 12.8 Å². The summed E-state index contributed by atoms with van der Waals surface area (Å²) in [5.41, 5.74) is 5.66. The van der Waals surface area contributed by atoms with Crippen molar-refractivity contribution >= 4 is 5.97 Å². The molecular weight excluding hydrogens is 282 g/mol. The summed E-state index contributed by atoms with van der Waals surface area (Å²) in [5.74, 6) is 0.337. The van der Waals surface area contributed by atoms with Crippen LogP contribution in [0.25, 0.3) is 0 Å². The van der Waals surface area contributed by atoms with Gasteiger partial charge >= 0.3 is 5.97 Å². The Kier molecular flexibility index (Phi) is 6.38. The van der Waals surface area contributed by atoms with Crippen molar-refractivity contribution in [2.24, 2.45) is 5.73 Å². The number of benzene rings is 1. The molecule has 1 unspecified atom stereocenters. The van der Waals surface area contributed by atoms with Crippen LogP contribution in [-0.4, -0.2) is 31.0 Å². The smallest absolute Gasteiger partial charge is 0.326 e. The molecule has 0 spiro atoms. The quantitative estimate of drug-likeness (QED) is 0.619. The molecule has 0 aliphatic heterocycles. The van der Waals surface area contributed by atoms with Crippen LogP contribution in [0.15, 0.2) is 24.3 Å². The second-order valence-corrected chi connectivity index (χ2v) is 6.38. The van der Waals surface area contributed by atoms with Gasteiger partial charge in [-0.15, -0.1) is 0 Å². The Morgan fingerprint density at radius 2 is 1.77 bits per heavy atom. The molecule has 0 heterocycles. The maximum absolute atomic E-state index is 12.3. The van der Waals surface area contributed by atoms with E-state index in [0.717, 1.165) is 5.56 Å². The van der Waals surface area contributed by atoms with Crippen molar-refractivity contribution in [3.63, 3.8) is 0 Å². The van der Waals surface area contributed by atoms with E-state index in [9.17, 15) is 4.79 Å². The van der Waals surface area contributed by atoms with E-state index in [2.05, 4.69) is 0 Å². The third-order valence-electron chi connectivity index (χ3n) is 3.22. The van der Waals surface area contributed by atoms with E-state index in [4.69, 9.17) is 19.9 Å². The van der Waals surface area contributed by atoms with Crippen molar-refractivity contribution in [2.45, 2.75) is 51.7 Å². The van der Waals surface area contributed by atoms with Gasteiger partial charge in [0.25, 0.3) is 0 Å². The maximum Gasteiger partial charge on any atom is 0.326 e. The second-order valence-electron chi connectivity index (χ2n) is 6.38. The van der Waals surface area contributed by atoms with Gasteiger partial charge < -0.3 is 19.9 Å². The number of carbonyl (C=O) groups is 1. The van der Waals surface area contributed by atoms with Gasteiger partial charge in [0.2, 0.25) is 0 Å². The van der Waals surface area contributed by atoms with Crippen molar-refractivity contribution in [3.8, 4) is 5.75 Å². The highest BCUT2D eigenvalue weighted by Crippen LogP contribution is 2.22. The zero-order valence-electron chi connectivity index (χ0n) is 14.1. The van der Waals surface area contributed by atoms with E-state index in [1.165, 1.54) is 0 Å². The molecule has 1 aromatic carbocycles. The number of methoxy groups -OCH3 is 1. The molecule has 0 aliphatic carbocycles. The third kappa shape index (κ3) is 5.66. The van der Waals surface area contributed by atoms with Crippen molar-refractivity contribution < 1.29 is 19.0 Å². The lowest BCUT2D eigenvalue weighted by atomic mass is 9.89. The van der Waals surface area contributed by atoms with Crippen molar-refractivity contribution in [1.82, 2.24) is 0 Å². The minimum absolute atomic E-state index is 0.201. The monoisotopic (exact) mass is 309 g/mol. The molecule has 0 saturated heterocycles. The molecule has 0 fully saturated rings. The highest BCUT2D eigenvalue weighted by molar-refractivity contribution is 5.81. The predicted molar refractivity (Wildman–Crippen MR) is 85.7 cm³/mol. The molecule has 1 rings (SSSR count). The predicted octanol–water partition coefficient (Wildman–Crippen LogP) is 2.66. The molecule has 5 nitrogen and oxygen atoms in total. The van der Waals surface area contributed by atoms with Crippen LogP contribution in [-0.2, 0) is 20.7 Å². The standard InChI is InChI=1S/C17H27NO4/c1-6-17(18,15(19)22-16(2,3)4)11-13-7-9-14(10-8-13)21-12-20-5/h7-10H,6,11-12,18H2,1-5H3. The van der Waals surface area contributed by atoms with Crippen LogP contribution in [0.5, 0.6) is 5.75 Å². The van der Waals surface area contributed by atoms with Crippen LogP contribution in [0.4, 0.5) is 0 Å². The Balaban J connectivity index is 2.78. The Labute approximate surface area is 132 Å². The molecule has 1 atom stereocenters. The van der Waals surface area contributed by atoms with E-state index in [0.29, 0.717) is 18.6 Å². The summed E-state index contributed by atoms with van der Waals surface area (Å²) in [7, 11) is 1.57. The van der Waals surface area contributed by atoms with Crippen molar-refractivity contribution in [3.05, 3.63) is 29.8 Å². The van der Waals surface area contributed by atoms with Crippen LogP contribution in [0.3, 0.4) is 0 Å². The summed E-state index contributed by atoms with van der Waals surface area (Å²) >= 11 is 0. The zero-order valence-corrected chi connectivity index (χ0v) is 14.1. The lowest BCUT2D eigenvalue weighted by molar-refractivity contribution is -0.161. The molecule has 0 saturated carbocycles. The molecule has 0 aliphatic rings. The first-order chi connectivity index (χ1) is 10.2. The molecule has 0 radical (unpaired) electrons. The van der Waals surface area contributed by atoms with Crippen LogP contribution in [0.2, 0.25) is 0 Å². The summed E-state index contributed by atoms with van der Waals surface area (Å²) in [4.78, 5) is 12.3. The van der Waals surface area contributed by atoms with E-state index >= 15 is 0 Å². The van der Waals surface area contributed by atoms with Crippen LogP contribution in [0, 0.1) is 0 Å². The summed E-state index contributed by atoms with van der Waals surface area (Å²) < 4.78 is 15.6. The lowest BCUT2D eigenvalue weighted by Gasteiger charge is -2.30. The van der Waals surface area contributed by atoms with E-state index < -0.39 is 11.1 Å². The van der Waals surface area contributed by atoms with Crippen LogP contribution in [0.1, 0.15) is 39.7 Å². The molecule has 5 heteroatoms. The van der Waals surface area contributed by atoms with Gasteiger partial charge in [0, 0.05) is 13.5 Å². The average Bonchev–Trinajstić information content (AvgIpc) is 2.44. The molecule has 2 N–H and O–H groups in total. The Morgan fingerprint density at radius 1 is 1.18 bits per heavy atom. The fourth-order valence-corrected chi connectivity index (χ4v) is 1.92. The van der Waals surface area contributed by atoms with Gasteiger partial charge in [-0.2, -0.15) is 0 Å². The highest BCUT2D eigenvalue weighted by atomic mass is 16.7. The Morgan fingerprint density at radius 3 is 2.23 bits per heavy atom. The van der Waals surface area contributed by atoms with Gasteiger partial charge in [0.1, 0.15) is 16.9 Å². The minimum atomic E-state index is -1.03. The summed E-state index contributed by atoms with van der Waals surface area (Å²) in [6, 6.07) is 7.46. The van der Waals surface area contributed by atoms with E-state index in [1.807, 2.05) is 52.0 Å². The van der Waals surface area contributed by atoms with E-state index in [1.54, 1.807) is 7.11 Å². The SMILES string of the molecule is CCC(N)(Cc1ccc(OCOC)cc1)C(=O)OC(C)(C)C. The fourth-order valence-electron chi connectivity index (χ4n) is 1.92. The fraction of sp³-hybridized carbons (Fsp3) is 0.588. The highest BCUT2D eigenvalue weighted by Gasteiger charge is 2.36. The first-order valence-electron chi connectivity index (χ1n) is 7.43. The molecule has 0 amide bonds. The number of hydrogen-bond acceptors (Lipinski definition) is 5. The molecule has 0 aromatic heterocycles. The van der Waals surface area contributed by atoms with Gasteiger partial charge in [0.15, 0.2) is 6.79 Å². The van der Waals surface area contributed by atoms with Crippen molar-refractivity contribution in [1.29, 1.82) is 0 Å². The summed E-state index contributed by atoms with van der Waals surface area (Å²) in [5, 5.41) is 0. The average molecular weight is 309 g/mol. The summed E-state index contributed by atoms with van der Waals surface area (Å²) in [6.45, 7) is 7.60. The number of ether oxygens (including phenoxy) is 3. The molecule has 0 bridgehead atoms. The Hall–Kier alpha value is -1.59. The molecule has 1 aromatic rings. The van der Waals surface area contributed by atoms with Crippen LogP contribution < -0.4 is 10.5 Å². The molecule has 22 heavy (non-hydrogen) atoms. The normalized spacial score (nSPS) is 14.3. The first kappa shape index (κ1) is 18.5. The molecular formula is C17H27NO4. The third-order valence-corrected chi connectivity index (χ3v) is 3.22. The lowest BCUT2D eigenvalue weighted by Crippen LogP contribution is -2.52.